The van der Waals surface area contributed by atoms with E-state index in [1.807, 2.05) is 41.5 Å². The number of carbonyl (C=O) groups is 2. The molecule has 29 heavy (non-hydrogen) atoms. The van der Waals surface area contributed by atoms with Crippen molar-refractivity contribution >= 4 is 17.5 Å². The molecule has 6 heteroatoms. The topological polar surface area (TPSA) is 67.2 Å². The second-order valence-corrected chi connectivity index (χ2v) is 7.90. The van der Waals surface area contributed by atoms with Crippen LogP contribution in [0.5, 0.6) is 0 Å². The van der Waals surface area contributed by atoms with E-state index in [1.54, 1.807) is 0 Å². The molecule has 0 aliphatic carbocycles. The number of benzene rings is 1. The molecular formula is C23H32N4O2. The number of aryl methyl sites for hydroxylation is 2. The summed E-state index contributed by atoms with van der Waals surface area (Å²) in [5.74, 6) is 0.108. The molecule has 0 fully saturated rings. The smallest absolute Gasteiger partial charge is 0.289 e. The first-order valence-electron chi connectivity index (χ1n) is 10.7. The molecule has 0 spiro atoms. The monoisotopic (exact) mass is 396 g/mol. The molecular weight excluding hydrogens is 364 g/mol. The average molecular weight is 397 g/mol. The van der Waals surface area contributed by atoms with Crippen LogP contribution in [0.1, 0.15) is 77.5 Å². The zero-order chi connectivity index (χ0) is 21.0. The van der Waals surface area contributed by atoms with Crippen molar-refractivity contribution in [3.05, 3.63) is 46.5 Å². The molecule has 0 saturated carbocycles. The Morgan fingerprint density at radius 1 is 1.14 bits per heavy atom. The van der Waals surface area contributed by atoms with Crippen LogP contribution in [0.4, 0.5) is 5.69 Å². The van der Waals surface area contributed by atoms with Crippen molar-refractivity contribution in [1.82, 2.24) is 14.5 Å². The molecule has 6 nitrogen and oxygen atoms in total. The van der Waals surface area contributed by atoms with E-state index in [9.17, 15) is 9.59 Å². The molecule has 2 heterocycles. The molecule has 2 aromatic rings. The summed E-state index contributed by atoms with van der Waals surface area (Å²) in [7, 11) is 0. The van der Waals surface area contributed by atoms with Crippen LogP contribution in [-0.2, 0) is 13.0 Å². The minimum Gasteiger partial charge on any atom is -0.336 e. The number of rotatable bonds is 7. The Morgan fingerprint density at radius 3 is 2.55 bits per heavy atom. The molecule has 0 radical (unpaired) electrons. The summed E-state index contributed by atoms with van der Waals surface area (Å²) in [6.45, 7) is 10.3. The van der Waals surface area contributed by atoms with E-state index in [4.69, 9.17) is 0 Å². The third-order valence-corrected chi connectivity index (χ3v) is 5.44. The van der Waals surface area contributed by atoms with Gasteiger partial charge in [0.2, 0.25) is 0 Å². The summed E-state index contributed by atoms with van der Waals surface area (Å²) >= 11 is 0. The minimum atomic E-state index is -0.235. The first-order valence-corrected chi connectivity index (χ1v) is 10.7. The van der Waals surface area contributed by atoms with E-state index in [0.717, 1.165) is 61.2 Å². The van der Waals surface area contributed by atoms with Crippen LogP contribution in [0.3, 0.4) is 0 Å². The Bertz CT molecular complexity index is 895. The standard InChI is InChI=1S/C23H32N4O2/c1-5-12-26(13-6-2)23(29)21-25-20(19-9-7-8-14-27(19)21)22(28)24-18-15-16(3)10-11-17(18)4/h10-11,15H,5-9,12-14H2,1-4H3,(H,24,28). The Morgan fingerprint density at radius 2 is 1.86 bits per heavy atom. The molecule has 1 aliphatic rings. The van der Waals surface area contributed by atoms with Gasteiger partial charge < -0.3 is 14.8 Å². The van der Waals surface area contributed by atoms with Crippen molar-refractivity contribution < 1.29 is 9.59 Å². The predicted molar refractivity (Wildman–Crippen MR) is 116 cm³/mol. The second-order valence-electron chi connectivity index (χ2n) is 7.90. The van der Waals surface area contributed by atoms with Gasteiger partial charge >= 0.3 is 0 Å². The fourth-order valence-corrected chi connectivity index (χ4v) is 3.94. The van der Waals surface area contributed by atoms with E-state index in [0.29, 0.717) is 24.6 Å². The van der Waals surface area contributed by atoms with E-state index in [-0.39, 0.29) is 11.8 Å². The summed E-state index contributed by atoms with van der Waals surface area (Å²) in [5.41, 5.74) is 4.16. The van der Waals surface area contributed by atoms with E-state index in [1.165, 1.54) is 0 Å². The Balaban J connectivity index is 1.94. The van der Waals surface area contributed by atoms with Gasteiger partial charge in [0.05, 0.1) is 5.69 Å². The number of amides is 2. The molecule has 1 N–H and O–H groups in total. The second kappa shape index (κ2) is 9.25. The van der Waals surface area contributed by atoms with Crippen molar-refractivity contribution in [2.24, 2.45) is 0 Å². The van der Waals surface area contributed by atoms with E-state index < -0.39 is 0 Å². The lowest BCUT2D eigenvalue weighted by Gasteiger charge is -2.23. The zero-order valence-electron chi connectivity index (χ0n) is 18.0. The average Bonchev–Trinajstić information content (AvgIpc) is 3.10. The maximum Gasteiger partial charge on any atom is 0.289 e. The van der Waals surface area contributed by atoms with Crippen LogP contribution in [-0.4, -0.2) is 39.4 Å². The van der Waals surface area contributed by atoms with Gasteiger partial charge in [0.1, 0.15) is 0 Å². The molecule has 0 unspecified atom stereocenters. The van der Waals surface area contributed by atoms with Gasteiger partial charge in [0.25, 0.3) is 11.8 Å². The molecule has 2 amide bonds. The molecule has 3 rings (SSSR count). The largest absolute Gasteiger partial charge is 0.336 e. The zero-order valence-corrected chi connectivity index (χ0v) is 18.0. The van der Waals surface area contributed by atoms with Gasteiger partial charge in [-0.15, -0.1) is 0 Å². The number of aromatic nitrogens is 2. The number of carbonyl (C=O) groups excluding carboxylic acids is 2. The van der Waals surface area contributed by atoms with E-state index >= 15 is 0 Å². The summed E-state index contributed by atoms with van der Waals surface area (Å²) in [4.78, 5) is 32.7. The van der Waals surface area contributed by atoms with Crippen LogP contribution >= 0.6 is 0 Å². The van der Waals surface area contributed by atoms with Crippen LogP contribution in [0, 0.1) is 13.8 Å². The normalized spacial score (nSPS) is 13.1. The fraction of sp³-hybridized carbons (Fsp3) is 0.522. The quantitative estimate of drug-likeness (QED) is 0.756. The van der Waals surface area contributed by atoms with Crippen molar-refractivity contribution in [1.29, 1.82) is 0 Å². The Kier molecular flexibility index (Phi) is 6.72. The van der Waals surface area contributed by atoms with Gasteiger partial charge in [-0.3, -0.25) is 9.59 Å². The van der Waals surface area contributed by atoms with Crippen LogP contribution in [0.25, 0.3) is 0 Å². The van der Waals surface area contributed by atoms with E-state index in [2.05, 4.69) is 24.1 Å². The molecule has 0 atom stereocenters. The van der Waals surface area contributed by atoms with Crippen molar-refractivity contribution in [3.63, 3.8) is 0 Å². The number of anilines is 1. The van der Waals surface area contributed by atoms with Gasteiger partial charge in [-0.2, -0.15) is 0 Å². The molecule has 1 aliphatic heterocycles. The lowest BCUT2D eigenvalue weighted by Crippen LogP contribution is -2.35. The molecule has 0 saturated heterocycles. The lowest BCUT2D eigenvalue weighted by molar-refractivity contribution is 0.0737. The number of nitrogens with zero attached hydrogens (tertiary/aromatic N) is 3. The molecule has 1 aromatic carbocycles. The number of hydrogen-bond acceptors (Lipinski definition) is 3. The van der Waals surface area contributed by atoms with Crippen molar-refractivity contribution in [3.8, 4) is 0 Å². The summed E-state index contributed by atoms with van der Waals surface area (Å²) in [5, 5.41) is 3.01. The molecule has 0 bridgehead atoms. The molecule has 1 aromatic heterocycles. The van der Waals surface area contributed by atoms with Gasteiger partial charge in [-0.05, 0) is 63.1 Å². The maximum atomic E-state index is 13.2. The van der Waals surface area contributed by atoms with Crippen LogP contribution < -0.4 is 5.32 Å². The highest BCUT2D eigenvalue weighted by Gasteiger charge is 2.29. The summed E-state index contributed by atoms with van der Waals surface area (Å²) < 4.78 is 1.97. The number of hydrogen-bond donors (Lipinski definition) is 1. The summed E-state index contributed by atoms with van der Waals surface area (Å²) in [6.07, 6.45) is 4.59. The first kappa shape index (κ1) is 21.1. The number of nitrogens with one attached hydrogen (secondary N) is 1. The van der Waals surface area contributed by atoms with Crippen LogP contribution in [0.2, 0.25) is 0 Å². The minimum absolute atomic E-state index is 0.0670. The number of imidazole rings is 1. The Labute approximate surface area is 173 Å². The third kappa shape index (κ3) is 4.52. The lowest BCUT2D eigenvalue weighted by atomic mass is 10.1. The highest BCUT2D eigenvalue weighted by molar-refractivity contribution is 6.05. The van der Waals surface area contributed by atoms with Gasteiger partial charge in [0.15, 0.2) is 11.5 Å². The van der Waals surface area contributed by atoms with Crippen LogP contribution in [0.15, 0.2) is 18.2 Å². The fourth-order valence-electron chi connectivity index (χ4n) is 3.94. The van der Waals surface area contributed by atoms with Gasteiger partial charge in [-0.25, -0.2) is 4.98 Å². The highest BCUT2D eigenvalue weighted by atomic mass is 16.2. The van der Waals surface area contributed by atoms with Gasteiger partial charge in [0, 0.05) is 25.3 Å². The van der Waals surface area contributed by atoms with Gasteiger partial charge in [-0.1, -0.05) is 26.0 Å². The van der Waals surface area contributed by atoms with Crippen molar-refractivity contribution in [2.75, 3.05) is 18.4 Å². The SMILES string of the molecule is CCCN(CCC)C(=O)c1nc(C(=O)Nc2cc(C)ccc2C)c2n1CCCC2. The maximum absolute atomic E-state index is 13.2. The first-order chi connectivity index (χ1) is 14.0. The Hall–Kier alpha value is -2.63. The predicted octanol–water partition coefficient (Wildman–Crippen LogP) is 4.35. The highest BCUT2D eigenvalue weighted by Crippen LogP contribution is 2.24. The summed E-state index contributed by atoms with van der Waals surface area (Å²) in [6, 6.07) is 5.98. The van der Waals surface area contributed by atoms with Crippen molar-refractivity contribution in [2.45, 2.75) is 66.3 Å². The molecule has 156 valence electrons. The third-order valence-electron chi connectivity index (χ3n) is 5.44. The number of fused-ring (bicyclic) bond motifs is 1.